The molecule has 0 radical (unpaired) electrons. The third kappa shape index (κ3) is 5.32. The number of urea groups is 1. The highest BCUT2D eigenvalue weighted by Gasteiger charge is 1.98. The lowest BCUT2D eigenvalue weighted by molar-refractivity contribution is 0.244. The Labute approximate surface area is 129 Å². The van der Waals surface area contributed by atoms with E-state index in [4.69, 9.17) is 11.6 Å². The molecule has 0 atom stereocenters. The number of halogens is 1. The summed E-state index contributed by atoms with van der Waals surface area (Å²) in [4.78, 5) is 11.6. The first kappa shape index (κ1) is 15.1. The van der Waals surface area contributed by atoms with E-state index >= 15 is 0 Å². The highest BCUT2D eigenvalue weighted by molar-refractivity contribution is 6.30. The van der Waals surface area contributed by atoms with Gasteiger partial charge in [-0.05, 0) is 36.3 Å². The Morgan fingerprint density at radius 3 is 2.43 bits per heavy atom. The molecule has 2 rings (SSSR count). The normalized spacial score (nSPS) is 10.6. The Balaban J connectivity index is 1.77. The highest BCUT2D eigenvalue weighted by atomic mass is 35.5. The Morgan fingerprint density at radius 1 is 1.10 bits per heavy atom. The van der Waals surface area contributed by atoms with Gasteiger partial charge < -0.3 is 10.6 Å². The smallest absolute Gasteiger partial charge is 0.319 e. The molecule has 108 valence electrons. The van der Waals surface area contributed by atoms with Crippen LogP contribution in [0.2, 0.25) is 5.02 Å². The van der Waals surface area contributed by atoms with Gasteiger partial charge in [0.2, 0.25) is 0 Å². The van der Waals surface area contributed by atoms with Crippen molar-refractivity contribution in [2.24, 2.45) is 0 Å². The number of carbonyl (C=O) groups is 1. The second-order valence-corrected chi connectivity index (χ2v) is 5.13. The molecule has 0 bridgehead atoms. The Bertz CT molecular complexity index is 618. The van der Waals surface area contributed by atoms with Crippen molar-refractivity contribution in [2.75, 3.05) is 0 Å². The van der Waals surface area contributed by atoms with E-state index in [0.29, 0.717) is 11.6 Å². The average molecular weight is 301 g/mol. The number of aryl methyl sites for hydroxylation is 1. The van der Waals surface area contributed by atoms with Crippen molar-refractivity contribution in [3.8, 4) is 0 Å². The second-order valence-electron chi connectivity index (χ2n) is 4.70. The van der Waals surface area contributed by atoms with Crippen LogP contribution in [-0.2, 0) is 6.54 Å². The van der Waals surface area contributed by atoms with Crippen LogP contribution in [0, 0.1) is 6.92 Å². The highest BCUT2D eigenvalue weighted by Crippen LogP contribution is 2.09. The molecule has 3 nitrogen and oxygen atoms in total. The zero-order chi connectivity index (χ0) is 15.1. The van der Waals surface area contributed by atoms with Crippen molar-refractivity contribution in [1.82, 2.24) is 10.6 Å². The number of amides is 2. The van der Waals surface area contributed by atoms with Gasteiger partial charge in [-0.1, -0.05) is 53.6 Å². The van der Waals surface area contributed by atoms with E-state index in [2.05, 4.69) is 10.6 Å². The maximum atomic E-state index is 11.6. The molecule has 0 fully saturated rings. The summed E-state index contributed by atoms with van der Waals surface area (Å²) >= 11 is 5.80. The molecule has 2 amide bonds. The second kappa shape index (κ2) is 7.50. The zero-order valence-electron chi connectivity index (χ0n) is 11.8. The van der Waals surface area contributed by atoms with Crippen LogP contribution in [0.4, 0.5) is 4.79 Å². The van der Waals surface area contributed by atoms with Crippen LogP contribution in [0.25, 0.3) is 6.08 Å². The van der Waals surface area contributed by atoms with Crippen molar-refractivity contribution in [2.45, 2.75) is 13.5 Å². The number of hydrogen-bond donors (Lipinski definition) is 2. The molecular weight excluding hydrogens is 284 g/mol. The fourth-order valence-corrected chi connectivity index (χ4v) is 1.85. The molecule has 0 spiro atoms. The van der Waals surface area contributed by atoms with Gasteiger partial charge in [0, 0.05) is 17.8 Å². The molecule has 0 unspecified atom stereocenters. The first-order valence-electron chi connectivity index (χ1n) is 6.65. The van der Waals surface area contributed by atoms with E-state index in [1.54, 1.807) is 18.3 Å². The number of carbonyl (C=O) groups excluding carboxylic acids is 1. The molecule has 0 aliphatic carbocycles. The Hall–Kier alpha value is -2.26. The van der Waals surface area contributed by atoms with E-state index in [9.17, 15) is 4.79 Å². The van der Waals surface area contributed by atoms with Crippen LogP contribution >= 0.6 is 11.6 Å². The molecule has 0 aromatic heterocycles. The van der Waals surface area contributed by atoms with E-state index < -0.39 is 0 Å². The minimum atomic E-state index is -0.242. The quantitative estimate of drug-likeness (QED) is 0.876. The minimum Gasteiger partial charge on any atom is -0.334 e. The summed E-state index contributed by atoms with van der Waals surface area (Å²) in [5, 5.41) is 6.12. The van der Waals surface area contributed by atoms with Gasteiger partial charge in [-0.2, -0.15) is 0 Å². The monoisotopic (exact) mass is 300 g/mol. The van der Waals surface area contributed by atoms with E-state index in [0.717, 1.165) is 11.1 Å². The maximum Gasteiger partial charge on any atom is 0.319 e. The zero-order valence-corrected chi connectivity index (χ0v) is 12.5. The largest absolute Gasteiger partial charge is 0.334 e. The summed E-state index contributed by atoms with van der Waals surface area (Å²) in [6.07, 6.45) is 3.48. The van der Waals surface area contributed by atoms with Gasteiger partial charge in [-0.3, -0.25) is 0 Å². The van der Waals surface area contributed by atoms with E-state index in [1.807, 2.05) is 49.4 Å². The topological polar surface area (TPSA) is 41.1 Å². The van der Waals surface area contributed by atoms with Crippen LogP contribution in [-0.4, -0.2) is 6.03 Å². The van der Waals surface area contributed by atoms with E-state index in [-0.39, 0.29) is 6.03 Å². The summed E-state index contributed by atoms with van der Waals surface area (Å²) in [5.41, 5.74) is 3.25. The fraction of sp³-hybridized carbons (Fsp3) is 0.118. The molecule has 0 aliphatic rings. The molecule has 0 aliphatic heterocycles. The Kier molecular flexibility index (Phi) is 5.41. The van der Waals surface area contributed by atoms with Crippen LogP contribution in [0.1, 0.15) is 16.7 Å². The summed E-state index contributed by atoms with van der Waals surface area (Å²) in [7, 11) is 0. The molecule has 0 saturated carbocycles. The number of nitrogens with one attached hydrogen (secondary N) is 2. The first-order chi connectivity index (χ1) is 10.1. The van der Waals surface area contributed by atoms with Crippen molar-refractivity contribution in [3.05, 3.63) is 76.4 Å². The molecule has 0 saturated heterocycles. The summed E-state index contributed by atoms with van der Waals surface area (Å²) in [6, 6.07) is 15.2. The molecule has 2 aromatic rings. The molecule has 2 aromatic carbocycles. The van der Waals surface area contributed by atoms with Crippen LogP contribution in [0.5, 0.6) is 0 Å². The molecule has 2 N–H and O–H groups in total. The van der Waals surface area contributed by atoms with Crippen molar-refractivity contribution in [1.29, 1.82) is 0 Å². The number of benzene rings is 2. The summed E-state index contributed by atoms with van der Waals surface area (Å²) < 4.78 is 0. The first-order valence-corrected chi connectivity index (χ1v) is 7.03. The van der Waals surface area contributed by atoms with E-state index in [1.165, 1.54) is 5.56 Å². The van der Waals surface area contributed by atoms with Gasteiger partial charge in [0.05, 0.1) is 0 Å². The van der Waals surface area contributed by atoms with Gasteiger partial charge in [0.15, 0.2) is 0 Å². The van der Waals surface area contributed by atoms with Gasteiger partial charge in [0.25, 0.3) is 0 Å². The lowest BCUT2D eigenvalue weighted by atomic mass is 10.1. The standard InChI is InChI=1S/C17H17ClN2O/c1-13-2-4-14(5-3-13)10-11-19-17(21)20-12-15-6-8-16(18)9-7-15/h2-11H,12H2,1H3,(H2,19,20,21)/b11-10+. The lowest BCUT2D eigenvalue weighted by Gasteiger charge is -2.04. The maximum absolute atomic E-state index is 11.6. The molecule has 21 heavy (non-hydrogen) atoms. The molecular formula is C17H17ClN2O. The fourth-order valence-electron chi connectivity index (χ4n) is 1.73. The predicted octanol–water partition coefficient (Wildman–Crippen LogP) is 4.12. The summed E-state index contributed by atoms with van der Waals surface area (Å²) in [5.74, 6) is 0. The number of rotatable bonds is 4. The van der Waals surface area contributed by atoms with Crippen LogP contribution in [0.3, 0.4) is 0 Å². The van der Waals surface area contributed by atoms with Gasteiger partial charge >= 0.3 is 6.03 Å². The molecule has 0 heterocycles. The minimum absolute atomic E-state index is 0.242. The molecule has 4 heteroatoms. The van der Waals surface area contributed by atoms with Crippen molar-refractivity contribution < 1.29 is 4.79 Å². The van der Waals surface area contributed by atoms with Crippen molar-refractivity contribution in [3.63, 3.8) is 0 Å². The lowest BCUT2D eigenvalue weighted by Crippen LogP contribution is -2.31. The third-order valence-electron chi connectivity index (χ3n) is 2.93. The predicted molar refractivity (Wildman–Crippen MR) is 87.0 cm³/mol. The number of hydrogen-bond acceptors (Lipinski definition) is 1. The third-order valence-corrected chi connectivity index (χ3v) is 3.19. The van der Waals surface area contributed by atoms with Gasteiger partial charge in [-0.25, -0.2) is 4.79 Å². The van der Waals surface area contributed by atoms with Gasteiger partial charge in [0.1, 0.15) is 0 Å². The Morgan fingerprint density at radius 2 is 1.76 bits per heavy atom. The average Bonchev–Trinajstić information content (AvgIpc) is 2.49. The van der Waals surface area contributed by atoms with Gasteiger partial charge in [-0.15, -0.1) is 0 Å². The SMILES string of the molecule is Cc1ccc(/C=C/NC(=O)NCc2ccc(Cl)cc2)cc1. The van der Waals surface area contributed by atoms with Crippen LogP contribution < -0.4 is 10.6 Å². The van der Waals surface area contributed by atoms with Crippen molar-refractivity contribution >= 4 is 23.7 Å². The van der Waals surface area contributed by atoms with Crippen LogP contribution in [0.15, 0.2) is 54.7 Å². The summed E-state index contributed by atoms with van der Waals surface area (Å²) in [6.45, 7) is 2.50.